The molecule has 2 atom stereocenters. The van der Waals surface area contributed by atoms with Gasteiger partial charge in [0.1, 0.15) is 12.6 Å². The van der Waals surface area contributed by atoms with Gasteiger partial charge in [-0.15, -0.1) is 0 Å². The highest BCUT2D eigenvalue weighted by molar-refractivity contribution is 5.84. The van der Waals surface area contributed by atoms with Crippen molar-refractivity contribution < 1.29 is 19.4 Å². The van der Waals surface area contributed by atoms with E-state index < -0.39 is 12.0 Å². The standard InChI is InChI=1S/C16H21N3O2.C6H14N2O2/c1-19(2)6-5-12-9-17-15-4-3-11(8-14(12)15)7-13-10-21-16(20)18-13;7-4-2-1-3-5(8)6(9)10/h3-4,8-9,13,17H,5-7,10H2,1-2H3,(H,18,20);5H,1-4,7-8H2,(H,9,10)/t13-;/m0./s1. The summed E-state index contributed by atoms with van der Waals surface area (Å²) in [6, 6.07) is 5.81. The van der Waals surface area contributed by atoms with E-state index in [1.807, 2.05) is 0 Å². The predicted octanol–water partition coefficient (Wildman–Crippen LogP) is 1.45. The number of aromatic amines is 1. The lowest BCUT2D eigenvalue weighted by atomic mass is 10.0. The number of H-pyrrole nitrogens is 1. The van der Waals surface area contributed by atoms with Crippen molar-refractivity contribution in [2.45, 2.75) is 44.2 Å². The number of amides is 1. The van der Waals surface area contributed by atoms with E-state index in [1.165, 1.54) is 22.0 Å². The molecule has 31 heavy (non-hydrogen) atoms. The Bertz CT molecular complexity index is 852. The number of hydrogen-bond donors (Lipinski definition) is 5. The number of alkyl carbamates (subject to hydrolysis) is 1. The Morgan fingerprint density at radius 2 is 2.13 bits per heavy atom. The van der Waals surface area contributed by atoms with Crippen LogP contribution in [0.1, 0.15) is 30.4 Å². The molecule has 0 bridgehead atoms. The van der Waals surface area contributed by atoms with Crippen molar-refractivity contribution in [3.63, 3.8) is 0 Å². The molecule has 1 aliphatic rings. The van der Waals surface area contributed by atoms with Crippen LogP contribution in [0.3, 0.4) is 0 Å². The summed E-state index contributed by atoms with van der Waals surface area (Å²) < 4.78 is 4.94. The highest BCUT2D eigenvalue weighted by Crippen LogP contribution is 2.21. The molecule has 2 aromatic rings. The highest BCUT2D eigenvalue weighted by atomic mass is 16.6. The van der Waals surface area contributed by atoms with Gasteiger partial charge in [-0.2, -0.15) is 0 Å². The summed E-state index contributed by atoms with van der Waals surface area (Å²) in [5, 5.41) is 12.4. The monoisotopic (exact) mass is 433 g/mol. The third-order valence-corrected chi connectivity index (χ3v) is 5.17. The van der Waals surface area contributed by atoms with Crippen molar-refractivity contribution >= 4 is 23.0 Å². The zero-order valence-corrected chi connectivity index (χ0v) is 18.4. The number of fused-ring (bicyclic) bond motifs is 1. The number of hydrogen-bond acceptors (Lipinski definition) is 6. The van der Waals surface area contributed by atoms with Crippen LogP contribution >= 0.6 is 0 Å². The maximum Gasteiger partial charge on any atom is 0.407 e. The zero-order valence-electron chi connectivity index (χ0n) is 18.4. The van der Waals surface area contributed by atoms with Gasteiger partial charge in [0.25, 0.3) is 0 Å². The molecule has 0 aliphatic carbocycles. The summed E-state index contributed by atoms with van der Waals surface area (Å²) in [6.07, 6.45) is 5.78. The number of carbonyl (C=O) groups excluding carboxylic acids is 1. The van der Waals surface area contributed by atoms with Crippen LogP contribution in [0.25, 0.3) is 10.9 Å². The lowest BCUT2D eigenvalue weighted by molar-refractivity contribution is -0.138. The van der Waals surface area contributed by atoms with Crippen LogP contribution in [-0.2, 0) is 22.4 Å². The van der Waals surface area contributed by atoms with Gasteiger partial charge in [0.05, 0.1) is 6.04 Å². The average molecular weight is 434 g/mol. The van der Waals surface area contributed by atoms with Gasteiger partial charge in [-0.05, 0) is 69.6 Å². The Morgan fingerprint density at radius 3 is 2.74 bits per heavy atom. The third-order valence-electron chi connectivity index (χ3n) is 5.17. The summed E-state index contributed by atoms with van der Waals surface area (Å²) in [7, 11) is 4.17. The number of nitrogens with two attached hydrogens (primary N) is 2. The fourth-order valence-corrected chi connectivity index (χ4v) is 3.36. The van der Waals surface area contributed by atoms with Crippen molar-refractivity contribution in [2.75, 3.05) is 33.8 Å². The van der Waals surface area contributed by atoms with Gasteiger partial charge in [0.15, 0.2) is 0 Å². The number of aromatic nitrogens is 1. The summed E-state index contributed by atoms with van der Waals surface area (Å²) in [4.78, 5) is 26.7. The molecule has 9 heteroatoms. The maximum atomic E-state index is 11.1. The molecule has 1 saturated heterocycles. The molecule has 1 aliphatic heterocycles. The molecular formula is C22H35N5O4. The molecule has 0 saturated carbocycles. The molecule has 9 nitrogen and oxygen atoms in total. The molecule has 7 N–H and O–H groups in total. The lowest BCUT2D eigenvalue weighted by Crippen LogP contribution is -2.29. The number of cyclic esters (lactones) is 1. The molecule has 172 valence electrons. The number of rotatable bonds is 10. The number of ether oxygens (including phenoxy) is 1. The van der Waals surface area contributed by atoms with Crippen molar-refractivity contribution in [3.05, 3.63) is 35.5 Å². The van der Waals surface area contributed by atoms with Gasteiger partial charge >= 0.3 is 12.1 Å². The van der Waals surface area contributed by atoms with Crippen LogP contribution in [0, 0.1) is 0 Å². The van der Waals surface area contributed by atoms with E-state index in [-0.39, 0.29) is 12.1 Å². The second-order valence-corrected chi connectivity index (χ2v) is 8.12. The number of aliphatic carboxylic acids is 1. The summed E-state index contributed by atoms with van der Waals surface area (Å²) in [5.41, 5.74) is 14.2. The maximum absolute atomic E-state index is 11.1. The van der Waals surface area contributed by atoms with Gasteiger partial charge < -0.3 is 36.5 Å². The van der Waals surface area contributed by atoms with E-state index in [2.05, 4.69) is 53.7 Å². The van der Waals surface area contributed by atoms with Crippen LogP contribution in [0.15, 0.2) is 24.4 Å². The molecule has 1 fully saturated rings. The van der Waals surface area contributed by atoms with E-state index in [1.54, 1.807) is 0 Å². The number of nitrogens with zero attached hydrogens (tertiary/aromatic N) is 1. The number of unbranched alkanes of at least 4 members (excludes halogenated alkanes) is 1. The lowest BCUT2D eigenvalue weighted by Gasteiger charge is -2.09. The van der Waals surface area contributed by atoms with Crippen LogP contribution in [0.5, 0.6) is 0 Å². The van der Waals surface area contributed by atoms with Gasteiger partial charge in [-0.1, -0.05) is 12.5 Å². The predicted molar refractivity (Wildman–Crippen MR) is 121 cm³/mol. The fourth-order valence-electron chi connectivity index (χ4n) is 3.36. The molecule has 1 amide bonds. The Kier molecular flexibility index (Phi) is 9.77. The number of carboxylic acid groups (broad SMARTS) is 1. The molecule has 2 heterocycles. The van der Waals surface area contributed by atoms with Crippen molar-refractivity contribution in [1.29, 1.82) is 0 Å². The minimum absolute atomic E-state index is 0.0825. The largest absolute Gasteiger partial charge is 0.480 e. The SMILES string of the molecule is CN(C)CCc1c[nH]c2ccc(C[C@H]3COC(=O)N3)cc12.NCCCCC(N)C(=O)O. The number of benzene rings is 1. The molecule has 1 aromatic carbocycles. The average Bonchev–Trinajstić information content (AvgIpc) is 3.32. The quantitative estimate of drug-likeness (QED) is 0.356. The Balaban J connectivity index is 0.000000291. The van der Waals surface area contributed by atoms with Crippen molar-refractivity contribution in [1.82, 2.24) is 15.2 Å². The third kappa shape index (κ3) is 8.20. The molecule has 3 rings (SSSR count). The minimum atomic E-state index is -0.933. The molecule has 0 radical (unpaired) electrons. The summed E-state index contributed by atoms with van der Waals surface area (Å²) >= 11 is 0. The van der Waals surface area contributed by atoms with Crippen molar-refractivity contribution in [2.24, 2.45) is 11.5 Å². The summed E-state index contributed by atoms with van der Waals surface area (Å²) in [6.45, 7) is 2.09. The molecule has 1 aromatic heterocycles. The van der Waals surface area contributed by atoms with Crippen LogP contribution < -0.4 is 16.8 Å². The number of nitrogens with one attached hydrogen (secondary N) is 2. The van der Waals surface area contributed by atoms with E-state index in [0.717, 1.165) is 32.2 Å². The first-order valence-electron chi connectivity index (χ1n) is 10.7. The fraction of sp³-hybridized carbons (Fsp3) is 0.545. The van der Waals surface area contributed by atoms with E-state index >= 15 is 0 Å². The topological polar surface area (TPSA) is 147 Å². The Hall–Kier alpha value is -2.62. The van der Waals surface area contributed by atoms with Gasteiger partial charge in [0, 0.05) is 23.6 Å². The van der Waals surface area contributed by atoms with Crippen LogP contribution in [0.4, 0.5) is 4.79 Å². The van der Waals surface area contributed by atoms with Gasteiger partial charge in [0.2, 0.25) is 0 Å². The number of likely N-dealkylation sites (N-methyl/N-ethyl adjacent to an activating group) is 1. The van der Waals surface area contributed by atoms with E-state index in [0.29, 0.717) is 19.6 Å². The van der Waals surface area contributed by atoms with Gasteiger partial charge in [-0.25, -0.2) is 4.79 Å². The molecule has 1 unspecified atom stereocenters. The van der Waals surface area contributed by atoms with E-state index in [9.17, 15) is 9.59 Å². The van der Waals surface area contributed by atoms with Crippen molar-refractivity contribution in [3.8, 4) is 0 Å². The Labute approximate surface area is 183 Å². The smallest absolute Gasteiger partial charge is 0.407 e. The first kappa shape index (κ1) is 24.6. The number of carbonyl (C=O) groups is 2. The molecular weight excluding hydrogens is 398 g/mol. The normalized spacial score (nSPS) is 16.5. The number of carboxylic acids is 1. The van der Waals surface area contributed by atoms with Crippen LogP contribution in [0.2, 0.25) is 0 Å². The zero-order chi connectivity index (χ0) is 22.8. The highest BCUT2D eigenvalue weighted by Gasteiger charge is 2.22. The second-order valence-electron chi connectivity index (χ2n) is 8.12. The first-order chi connectivity index (χ1) is 14.8. The van der Waals surface area contributed by atoms with Gasteiger partial charge in [-0.3, -0.25) is 4.79 Å². The second kappa shape index (κ2) is 12.3. The Morgan fingerprint density at radius 1 is 1.35 bits per heavy atom. The van der Waals surface area contributed by atoms with E-state index in [4.69, 9.17) is 21.3 Å². The molecule has 0 spiro atoms. The first-order valence-corrected chi connectivity index (χ1v) is 10.7. The van der Waals surface area contributed by atoms with Crippen LogP contribution in [-0.4, -0.2) is 72.9 Å². The summed E-state index contributed by atoms with van der Waals surface area (Å²) in [5.74, 6) is -0.933. The minimum Gasteiger partial charge on any atom is -0.480 e.